The van der Waals surface area contributed by atoms with Gasteiger partial charge in [-0.1, -0.05) is 18.9 Å². The molecule has 9 heteroatoms. The van der Waals surface area contributed by atoms with Crippen LogP contribution in [0, 0.1) is 5.92 Å². The second-order valence-electron chi connectivity index (χ2n) is 7.49. The molecule has 1 aromatic carbocycles. The zero-order valence-corrected chi connectivity index (χ0v) is 16.8. The maximum Gasteiger partial charge on any atom is 0.245 e. The number of hydrogen-bond acceptors (Lipinski definition) is 5. The van der Waals surface area contributed by atoms with E-state index >= 15 is 0 Å². The normalized spacial score (nSPS) is 21.2. The summed E-state index contributed by atoms with van der Waals surface area (Å²) in [5.74, 6) is 0.638. The zero-order chi connectivity index (χ0) is 18.9. The van der Waals surface area contributed by atoms with Crippen molar-refractivity contribution in [3.05, 3.63) is 18.2 Å². The van der Waals surface area contributed by atoms with E-state index in [2.05, 4.69) is 14.0 Å². The molecule has 146 valence electrons. The summed E-state index contributed by atoms with van der Waals surface area (Å²) in [4.78, 5) is 12.4. The molecule has 1 saturated heterocycles. The third-order valence-corrected chi connectivity index (χ3v) is 8.11. The van der Waals surface area contributed by atoms with Crippen LogP contribution < -0.4 is 5.32 Å². The molecule has 1 aromatic rings. The molecule has 0 bridgehead atoms. The highest BCUT2D eigenvalue weighted by Gasteiger charge is 2.33. The van der Waals surface area contributed by atoms with Gasteiger partial charge in [-0.05, 0) is 43.7 Å². The van der Waals surface area contributed by atoms with Gasteiger partial charge in [-0.15, -0.1) is 0 Å². The van der Waals surface area contributed by atoms with Crippen LogP contribution in [0.15, 0.2) is 31.8 Å². The smallest absolute Gasteiger partial charge is 0.245 e. The van der Waals surface area contributed by atoms with Gasteiger partial charge in [0.05, 0.1) is 11.4 Å². The second kappa shape index (κ2) is 7.81. The lowest BCUT2D eigenvalue weighted by atomic mass is 10.0. The number of carbonyl (C=O) groups excluding carboxylic acids is 1. The van der Waals surface area contributed by atoms with Crippen LogP contribution in [0.4, 0.5) is 11.4 Å². The molecule has 4 rings (SSSR count). The van der Waals surface area contributed by atoms with E-state index in [1.165, 1.54) is 17.1 Å². The maximum absolute atomic E-state index is 13.0. The largest absolute Gasteiger partial charge is 0.353 e. The molecule has 0 spiro atoms. The lowest BCUT2D eigenvalue weighted by Gasteiger charge is -2.32. The second-order valence-corrected chi connectivity index (χ2v) is 9.92. The van der Waals surface area contributed by atoms with Gasteiger partial charge >= 0.3 is 0 Å². The SMILES string of the molecule is O=C(CC1CCCC1)NC1CCN(S(=O)(=O)c2cccc3c2N=S=N3)CC1. The van der Waals surface area contributed by atoms with E-state index in [1.807, 2.05) is 0 Å². The average molecular weight is 409 g/mol. The predicted molar refractivity (Wildman–Crippen MR) is 104 cm³/mol. The Kier molecular flexibility index (Phi) is 5.43. The Morgan fingerprint density at radius 2 is 1.89 bits per heavy atom. The number of nitrogens with zero attached hydrogens (tertiary/aromatic N) is 3. The molecule has 2 aliphatic heterocycles. The molecule has 2 heterocycles. The van der Waals surface area contributed by atoms with Crippen LogP contribution in [-0.4, -0.2) is 37.8 Å². The summed E-state index contributed by atoms with van der Waals surface area (Å²) in [6, 6.07) is 5.12. The highest BCUT2D eigenvalue weighted by molar-refractivity contribution is 7.89. The lowest BCUT2D eigenvalue weighted by Crippen LogP contribution is -2.46. The Balaban J connectivity index is 1.35. The first-order valence-corrected chi connectivity index (χ1v) is 11.7. The van der Waals surface area contributed by atoms with E-state index in [-0.39, 0.29) is 16.8 Å². The van der Waals surface area contributed by atoms with Gasteiger partial charge in [-0.25, -0.2) is 8.42 Å². The molecule has 0 atom stereocenters. The molecule has 7 nitrogen and oxygen atoms in total. The molecule has 1 amide bonds. The summed E-state index contributed by atoms with van der Waals surface area (Å²) >= 11 is 1.02. The van der Waals surface area contributed by atoms with Gasteiger partial charge in [-0.2, -0.15) is 13.0 Å². The van der Waals surface area contributed by atoms with Crippen LogP contribution in [0.2, 0.25) is 0 Å². The van der Waals surface area contributed by atoms with Gasteiger partial charge in [0, 0.05) is 25.6 Å². The Hall–Kier alpha value is -1.58. The number of fused-ring (bicyclic) bond motifs is 1. The van der Waals surface area contributed by atoms with Crippen LogP contribution in [-0.2, 0) is 26.2 Å². The Morgan fingerprint density at radius 3 is 2.63 bits per heavy atom. The van der Waals surface area contributed by atoms with Crippen LogP contribution in [0.25, 0.3) is 0 Å². The first-order valence-electron chi connectivity index (χ1n) is 9.55. The summed E-state index contributed by atoms with van der Waals surface area (Å²) in [6.45, 7) is 0.815. The van der Waals surface area contributed by atoms with E-state index in [9.17, 15) is 13.2 Å². The van der Waals surface area contributed by atoms with E-state index in [0.29, 0.717) is 49.6 Å². The quantitative estimate of drug-likeness (QED) is 0.823. The van der Waals surface area contributed by atoms with Gasteiger partial charge in [0.1, 0.15) is 16.3 Å². The highest BCUT2D eigenvalue weighted by atomic mass is 32.2. The summed E-state index contributed by atoms with van der Waals surface area (Å²) in [7, 11) is -3.60. The van der Waals surface area contributed by atoms with Gasteiger partial charge in [0.15, 0.2) is 0 Å². The van der Waals surface area contributed by atoms with E-state index in [1.54, 1.807) is 18.2 Å². The third-order valence-electron chi connectivity index (χ3n) is 5.63. The van der Waals surface area contributed by atoms with Crippen molar-refractivity contribution < 1.29 is 13.2 Å². The number of benzene rings is 1. The van der Waals surface area contributed by atoms with Crippen molar-refractivity contribution >= 4 is 38.7 Å². The minimum Gasteiger partial charge on any atom is -0.353 e. The monoisotopic (exact) mass is 408 g/mol. The van der Waals surface area contributed by atoms with E-state index < -0.39 is 10.0 Å². The van der Waals surface area contributed by atoms with Crippen molar-refractivity contribution in [3.8, 4) is 0 Å². The number of sulfonamides is 1. The molecule has 1 saturated carbocycles. The van der Waals surface area contributed by atoms with Crippen molar-refractivity contribution in [1.82, 2.24) is 9.62 Å². The van der Waals surface area contributed by atoms with Crippen LogP contribution in [0.1, 0.15) is 44.9 Å². The average Bonchev–Trinajstić information content (AvgIpc) is 3.33. The minimum atomic E-state index is -3.60. The third kappa shape index (κ3) is 4.00. The molecule has 0 unspecified atom stereocenters. The maximum atomic E-state index is 13.0. The molecule has 3 aliphatic rings. The fourth-order valence-electron chi connectivity index (χ4n) is 4.13. The molecule has 2 fully saturated rings. The summed E-state index contributed by atoms with van der Waals surface area (Å²) in [5, 5.41) is 3.10. The topological polar surface area (TPSA) is 91.2 Å². The number of nitrogens with one attached hydrogen (secondary N) is 1. The molecular weight excluding hydrogens is 384 g/mol. The van der Waals surface area contributed by atoms with Crippen molar-refractivity contribution in [1.29, 1.82) is 0 Å². The van der Waals surface area contributed by atoms with Crippen LogP contribution in [0.3, 0.4) is 0 Å². The minimum absolute atomic E-state index is 0.0575. The van der Waals surface area contributed by atoms with Gasteiger partial charge < -0.3 is 5.32 Å². The van der Waals surface area contributed by atoms with Gasteiger partial charge in [0.25, 0.3) is 0 Å². The van der Waals surface area contributed by atoms with Crippen molar-refractivity contribution in [2.45, 2.75) is 55.9 Å². The van der Waals surface area contributed by atoms with Crippen molar-refractivity contribution in [2.75, 3.05) is 13.1 Å². The van der Waals surface area contributed by atoms with Crippen LogP contribution >= 0.6 is 0 Å². The van der Waals surface area contributed by atoms with E-state index in [0.717, 1.165) is 24.2 Å². The predicted octanol–water partition coefficient (Wildman–Crippen LogP) is 3.26. The number of piperidine rings is 1. The molecule has 1 aliphatic carbocycles. The van der Waals surface area contributed by atoms with Crippen molar-refractivity contribution in [2.24, 2.45) is 14.6 Å². The summed E-state index contributed by atoms with van der Waals surface area (Å²) in [6.07, 6.45) is 6.66. The number of carbonyl (C=O) groups is 1. The van der Waals surface area contributed by atoms with Gasteiger partial charge in [0.2, 0.25) is 15.9 Å². The first kappa shape index (κ1) is 18.8. The fourth-order valence-corrected chi connectivity index (χ4v) is 6.35. The Labute approximate surface area is 163 Å². The van der Waals surface area contributed by atoms with Crippen molar-refractivity contribution in [3.63, 3.8) is 0 Å². The standard InChI is InChI=1S/C18H24N4O3S2/c23-17(12-13-4-1-2-5-13)19-14-8-10-22(11-9-14)27(24,25)16-7-3-6-15-18(16)21-26-20-15/h3,6-7,13-14H,1-2,4-5,8-12H2,(H,19,23). The number of rotatable bonds is 5. The number of hydrogen-bond donors (Lipinski definition) is 1. The highest BCUT2D eigenvalue weighted by Crippen LogP contribution is 2.39. The molecule has 0 aromatic heterocycles. The molecule has 1 N–H and O–H groups in total. The molecule has 0 radical (unpaired) electrons. The Morgan fingerprint density at radius 1 is 1.15 bits per heavy atom. The Bertz CT molecular complexity index is 895. The van der Waals surface area contributed by atoms with Crippen LogP contribution in [0.5, 0.6) is 0 Å². The fraction of sp³-hybridized carbons (Fsp3) is 0.611. The summed E-state index contributed by atoms with van der Waals surface area (Å²) < 4.78 is 35.8. The molecular formula is C18H24N4O3S2. The lowest BCUT2D eigenvalue weighted by molar-refractivity contribution is -0.122. The summed E-state index contributed by atoms with van der Waals surface area (Å²) in [5.41, 5.74) is 1.05. The first-order chi connectivity index (χ1) is 13.0. The zero-order valence-electron chi connectivity index (χ0n) is 15.1. The van der Waals surface area contributed by atoms with E-state index in [4.69, 9.17) is 0 Å². The number of amides is 1. The van der Waals surface area contributed by atoms with Gasteiger partial charge in [-0.3, -0.25) is 4.79 Å². The molecule has 27 heavy (non-hydrogen) atoms.